The summed E-state index contributed by atoms with van der Waals surface area (Å²) in [6.45, 7) is 4.88. The second kappa shape index (κ2) is 4.16. The van der Waals surface area contributed by atoms with Crippen molar-refractivity contribution in [3.05, 3.63) is 29.3 Å². The third-order valence-corrected chi connectivity index (χ3v) is 3.19. The minimum absolute atomic E-state index is 0.127. The molecular weight excluding hydrogens is 202 g/mol. The highest BCUT2D eigenvalue weighted by atomic mass is 16.4. The van der Waals surface area contributed by atoms with E-state index in [9.17, 15) is 4.79 Å². The zero-order chi connectivity index (χ0) is 11.7. The molecule has 3 heteroatoms. The Morgan fingerprint density at radius 2 is 2.25 bits per heavy atom. The van der Waals surface area contributed by atoms with Gasteiger partial charge in [-0.15, -0.1) is 0 Å². The maximum absolute atomic E-state index is 10.7. The van der Waals surface area contributed by atoms with E-state index in [1.165, 1.54) is 11.1 Å². The lowest BCUT2D eigenvalue weighted by Gasteiger charge is -2.09. The van der Waals surface area contributed by atoms with Crippen LogP contribution in [0.15, 0.2) is 18.2 Å². The molecule has 2 rings (SSSR count). The maximum atomic E-state index is 10.7. The van der Waals surface area contributed by atoms with Crippen LogP contribution in [-0.4, -0.2) is 17.6 Å². The molecule has 1 saturated carbocycles. The van der Waals surface area contributed by atoms with Crippen LogP contribution in [0.4, 0.5) is 5.69 Å². The quantitative estimate of drug-likeness (QED) is 0.817. The molecule has 1 aliphatic carbocycles. The Bertz CT molecular complexity index is 414. The van der Waals surface area contributed by atoms with Gasteiger partial charge in [0.15, 0.2) is 0 Å². The average molecular weight is 219 g/mol. The van der Waals surface area contributed by atoms with E-state index in [1.807, 2.05) is 0 Å². The summed E-state index contributed by atoms with van der Waals surface area (Å²) in [6.07, 6.45) is 0.813. The standard InChI is InChI=1S/C13H17NO2/c1-8-3-4-9(2)12(5-8)14-7-10-6-11(10)13(15)16/h3-5,10-11,14H,6-7H2,1-2H3,(H,15,16). The number of carboxylic acid groups (broad SMARTS) is 1. The van der Waals surface area contributed by atoms with Crippen molar-refractivity contribution >= 4 is 11.7 Å². The fraction of sp³-hybridized carbons (Fsp3) is 0.462. The summed E-state index contributed by atoms with van der Waals surface area (Å²) in [5, 5.41) is 12.1. The third-order valence-electron chi connectivity index (χ3n) is 3.19. The third kappa shape index (κ3) is 2.35. The Morgan fingerprint density at radius 1 is 1.50 bits per heavy atom. The number of benzene rings is 1. The van der Waals surface area contributed by atoms with Gasteiger partial charge in [-0.25, -0.2) is 0 Å². The van der Waals surface area contributed by atoms with Crippen LogP contribution in [0.3, 0.4) is 0 Å². The normalized spacial score (nSPS) is 22.9. The number of hydrogen-bond acceptors (Lipinski definition) is 2. The van der Waals surface area contributed by atoms with Crippen LogP contribution in [-0.2, 0) is 4.79 Å². The molecular formula is C13H17NO2. The summed E-state index contributed by atoms with van der Waals surface area (Å²) >= 11 is 0. The summed E-state index contributed by atoms with van der Waals surface area (Å²) in [5.74, 6) is -0.484. The summed E-state index contributed by atoms with van der Waals surface area (Å²) in [4.78, 5) is 10.7. The Balaban J connectivity index is 1.91. The summed E-state index contributed by atoms with van der Waals surface area (Å²) in [7, 11) is 0. The van der Waals surface area contributed by atoms with Crippen molar-refractivity contribution in [1.82, 2.24) is 0 Å². The topological polar surface area (TPSA) is 49.3 Å². The van der Waals surface area contributed by atoms with Gasteiger partial charge < -0.3 is 10.4 Å². The molecule has 2 unspecified atom stereocenters. The van der Waals surface area contributed by atoms with Crippen LogP contribution in [0.1, 0.15) is 17.5 Å². The van der Waals surface area contributed by atoms with E-state index in [2.05, 4.69) is 37.4 Å². The molecule has 0 amide bonds. The van der Waals surface area contributed by atoms with Crippen LogP contribution in [0.5, 0.6) is 0 Å². The fourth-order valence-corrected chi connectivity index (χ4v) is 1.94. The van der Waals surface area contributed by atoms with Crippen molar-refractivity contribution in [3.8, 4) is 0 Å². The fourth-order valence-electron chi connectivity index (χ4n) is 1.94. The van der Waals surface area contributed by atoms with Crippen LogP contribution in [0, 0.1) is 25.7 Å². The molecule has 1 aromatic carbocycles. The van der Waals surface area contributed by atoms with Crippen molar-refractivity contribution in [2.24, 2.45) is 11.8 Å². The van der Waals surface area contributed by atoms with Crippen molar-refractivity contribution in [2.45, 2.75) is 20.3 Å². The molecule has 1 aliphatic rings. The lowest BCUT2D eigenvalue weighted by Crippen LogP contribution is -2.09. The molecule has 3 nitrogen and oxygen atoms in total. The van der Waals surface area contributed by atoms with E-state index in [4.69, 9.17) is 5.11 Å². The van der Waals surface area contributed by atoms with Gasteiger partial charge in [-0.1, -0.05) is 12.1 Å². The number of carboxylic acids is 1. The lowest BCUT2D eigenvalue weighted by molar-refractivity contribution is -0.138. The van der Waals surface area contributed by atoms with Gasteiger partial charge >= 0.3 is 5.97 Å². The Labute approximate surface area is 95.5 Å². The van der Waals surface area contributed by atoms with Gasteiger partial charge in [0.05, 0.1) is 5.92 Å². The van der Waals surface area contributed by atoms with Crippen molar-refractivity contribution in [2.75, 3.05) is 11.9 Å². The van der Waals surface area contributed by atoms with Crippen LogP contribution in [0.25, 0.3) is 0 Å². The van der Waals surface area contributed by atoms with Gasteiger partial charge in [-0.05, 0) is 43.4 Å². The molecule has 16 heavy (non-hydrogen) atoms. The highest BCUT2D eigenvalue weighted by molar-refractivity contribution is 5.73. The molecule has 1 fully saturated rings. The number of carbonyl (C=O) groups is 1. The second-order valence-corrected chi connectivity index (χ2v) is 4.64. The zero-order valence-corrected chi connectivity index (χ0v) is 9.66. The molecule has 0 aromatic heterocycles. The number of anilines is 1. The average Bonchev–Trinajstić information content (AvgIpc) is 2.99. The van der Waals surface area contributed by atoms with E-state index in [0.29, 0.717) is 5.92 Å². The summed E-state index contributed by atoms with van der Waals surface area (Å²) in [5.41, 5.74) is 3.55. The first kappa shape index (κ1) is 11.0. The Morgan fingerprint density at radius 3 is 2.88 bits per heavy atom. The van der Waals surface area contributed by atoms with Crippen molar-refractivity contribution in [3.63, 3.8) is 0 Å². The monoisotopic (exact) mass is 219 g/mol. The van der Waals surface area contributed by atoms with Gasteiger partial charge in [0, 0.05) is 12.2 Å². The molecule has 2 N–H and O–H groups in total. The first-order valence-electron chi connectivity index (χ1n) is 5.62. The Hall–Kier alpha value is -1.51. The molecule has 0 spiro atoms. The molecule has 0 bridgehead atoms. The van der Waals surface area contributed by atoms with Crippen LogP contribution < -0.4 is 5.32 Å². The van der Waals surface area contributed by atoms with Gasteiger partial charge in [-0.2, -0.15) is 0 Å². The van der Waals surface area contributed by atoms with Crippen LogP contribution in [0.2, 0.25) is 0 Å². The second-order valence-electron chi connectivity index (χ2n) is 4.64. The molecule has 0 aliphatic heterocycles. The molecule has 0 radical (unpaired) electrons. The van der Waals surface area contributed by atoms with E-state index in [-0.39, 0.29) is 5.92 Å². The predicted octanol–water partition coefficient (Wildman–Crippen LogP) is 2.44. The van der Waals surface area contributed by atoms with Gasteiger partial charge in [0.25, 0.3) is 0 Å². The van der Waals surface area contributed by atoms with E-state index in [1.54, 1.807) is 0 Å². The smallest absolute Gasteiger partial charge is 0.306 e. The summed E-state index contributed by atoms with van der Waals surface area (Å²) < 4.78 is 0. The lowest BCUT2D eigenvalue weighted by atomic mass is 10.1. The molecule has 2 atom stereocenters. The maximum Gasteiger partial charge on any atom is 0.306 e. The van der Waals surface area contributed by atoms with Crippen LogP contribution >= 0.6 is 0 Å². The molecule has 0 saturated heterocycles. The van der Waals surface area contributed by atoms with Crippen molar-refractivity contribution in [1.29, 1.82) is 0 Å². The first-order valence-corrected chi connectivity index (χ1v) is 5.62. The zero-order valence-electron chi connectivity index (χ0n) is 9.66. The van der Waals surface area contributed by atoms with E-state index >= 15 is 0 Å². The molecule has 86 valence electrons. The largest absolute Gasteiger partial charge is 0.481 e. The number of nitrogens with one attached hydrogen (secondary N) is 1. The highest BCUT2D eigenvalue weighted by Gasteiger charge is 2.42. The van der Waals surface area contributed by atoms with Gasteiger partial charge in [0.2, 0.25) is 0 Å². The highest BCUT2D eigenvalue weighted by Crippen LogP contribution is 2.38. The SMILES string of the molecule is Cc1ccc(C)c(NCC2CC2C(=O)O)c1. The summed E-state index contributed by atoms with van der Waals surface area (Å²) in [6, 6.07) is 6.27. The number of rotatable bonds is 4. The minimum Gasteiger partial charge on any atom is -0.481 e. The number of hydrogen-bond donors (Lipinski definition) is 2. The first-order chi connectivity index (χ1) is 7.58. The number of aliphatic carboxylic acids is 1. The minimum atomic E-state index is -0.659. The molecule has 1 aromatic rings. The molecule has 0 heterocycles. The van der Waals surface area contributed by atoms with Crippen molar-refractivity contribution < 1.29 is 9.90 Å². The number of aryl methyl sites for hydroxylation is 2. The van der Waals surface area contributed by atoms with Gasteiger partial charge in [-0.3, -0.25) is 4.79 Å². The van der Waals surface area contributed by atoms with E-state index in [0.717, 1.165) is 18.7 Å². The predicted molar refractivity (Wildman–Crippen MR) is 63.6 cm³/mol. The van der Waals surface area contributed by atoms with Gasteiger partial charge in [0.1, 0.15) is 0 Å². The van der Waals surface area contributed by atoms with E-state index < -0.39 is 5.97 Å². The Kier molecular flexibility index (Phi) is 2.86.